The number of hydrogen-bond donors (Lipinski definition) is 2. The van der Waals surface area contributed by atoms with Gasteiger partial charge in [-0.2, -0.15) is 0 Å². The predicted octanol–water partition coefficient (Wildman–Crippen LogP) is 3.43. The average molecular weight is 530 g/mol. The van der Waals surface area contributed by atoms with E-state index in [0.29, 0.717) is 17.1 Å². The van der Waals surface area contributed by atoms with Gasteiger partial charge in [-0.1, -0.05) is 18.2 Å². The molecule has 0 spiro atoms. The van der Waals surface area contributed by atoms with E-state index in [-0.39, 0.29) is 29.0 Å². The summed E-state index contributed by atoms with van der Waals surface area (Å²) in [6.45, 7) is 0.142. The van der Waals surface area contributed by atoms with Crippen molar-refractivity contribution in [1.29, 1.82) is 0 Å². The molecule has 3 aromatic rings. The molecule has 0 bridgehead atoms. The maximum atomic E-state index is 13.2. The quantitative estimate of drug-likeness (QED) is 0.254. The van der Waals surface area contributed by atoms with Gasteiger partial charge in [0.1, 0.15) is 12.2 Å². The summed E-state index contributed by atoms with van der Waals surface area (Å²) in [7, 11) is 2.66. The fraction of sp³-hybridized carbons (Fsp3) is 0.107. The molecule has 4 rings (SSSR count). The van der Waals surface area contributed by atoms with Gasteiger partial charge in [0.2, 0.25) is 0 Å². The molecule has 3 aromatic carbocycles. The van der Waals surface area contributed by atoms with Gasteiger partial charge in [-0.25, -0.2) is 19.3 Å². The third-order valence-electron chi connectivity index (χ3n) is 5.74. The van der Waals surface area contributed by atoms with Crippen LogP contribution in [-0.4, -0.2) is 49.1 Å². The van der Waals surface area contributed by atoms with Crippen LogP contribution in [0.4, 0.5) is 10.5 Å². The average Bonchev–Trinajstić information content (AvgIpc) is 2.94. The lowest BCUT2D eigenvalue weighted by atomic mass is 10.1. The summed E-state index contributed by atoms with van der Waals surface area (Å²) in [4.78, 5) is 61.6. The maximum absolute atomic E-state index is 13.2. The van der Waals surface area contributed by atoms with Crippen LogP contribution in [0.2, 0.25) is 0 Å². The van der Waals surface area contributed by atoms with Crippen LogP contribution in [0.25, 0.3) is 6.08 Å². The Morgan fingerprint density at radius 3 is 2.18 bits per heavy atom. The van der Waals surface area contributed by atoms with E-state index in [9.17, 15) is 24.0 Å². The number of rotatable bonds is 8. The molecule has 0 aliphatic carbocycles. The maximum Gasteiger partial charge on any atom is 0.337 e. The lowest BCUT2D eigenvalue weighted by molar-refractivity contribution is -0.122. The van der Waals surface area contributed by atoms with Gasteiger partial charge in [-0.3, -0.25) is 14.9 Å². The number of aromatic carboxylic acids is 1. The number of hydrogen-bond acceptors (Lipinski definition) is 8. The van der Waals surface area contributed by atoms with Crippen LogP contribution in [-0.2, 0) is 20.9 Å². The first-order chi connectivity index (χ1) is 18.7. The normalized spacial score (nSPS) is 14.2. The van der Waals surface area contributed by atoms with Crippen LogP contribution >= 0.6 is 0 Å². The van der Waals surface area contributed by atoms with E-state index in [1.54, 1.807) is 30.3 Å². The number of benzene rings is 3. The first-order valence-corrected chi connectivity index (χ1v) is 11.4. The number of nitrogens with zero attached hydrogens (tertiary/aromatic N) is 1. The number of amides is 4. The Hall–Kier alpha value is -5.45. The Morgan fingerprint density at radius 1 is 0.897 bits per heavy atom. The number of esters is 1. The summed E-state index contributed by atoms with van der Waals surface area (Å²) in [6, 6.07) is 15.6. The molecule has 0 saturated carbocycles. The highest BCUT2D eigenvalue weighted by Gasteiger charge is 2.37. The van der Waals surface area contributed by atoms with Gasteiger partial charge in [0.15, 0.2) is 11.5 Å². The molecule has 0 atom stereocenters. The van der Waals surface area contributed by atoms with Gasteiger partial charge in [-0.15, -0.1) is 0 Å². The van der Waals surface area contributed by atoms with E-state index in [0.717, 1.165) is 10.5 Å². The smallest absolute Gasteiger partial charge is 0.337 e. The highest BCUT2D eigenvalue weighted by molar-refractivity contribution is 6.39. The van der Waals surface area contributed by atoms with E-state index < -0.39 is 29.8 Å². The second kappa shape index (κ2) is 11.3. The molecule has 1 heterocycles. The molecular formula is C28H22N2O9. The Bertz CT molecular complexity index is 1490. The summed E-state index contributed by atoms with van der Waals surface area (Å²) in [5, 5.41) is 11.2. The third-order valence-corrected chi connectivity index (χ3v) is 5.74. The van der Waals surface area contributed by atoms with E-state index in [2.05, 4.69) is 10.1 Å². The number of barbiturate groups is 1. The number of nitrogens with one attached hydrogen (secondary N) is 1. The summed E-state index contributed by atoms with van der Waals surface area (Å²) in [6.07, 6.45) is 1.32. The lowest BCUT2D eigenvalue weighted by Gasteiger charge is -2.26. The molecule has 4 amide bonds. The van der Waals surface area contributed by atoms with Crippen LogP contribution in [0.15, 0.2) is 72.3 Å². The van der Waals surface area contributed by atoms with Gasteiger partial charge < -0.3 is 19.3 Å². The summed E-state index contributed by atoms with van der Waals surface area (Å²) in [5.41, 5.74) is 1.42. The first-order valence-electron chi connectivity index (χ1n) is 11.4. The van der Waals surface area contributed by atoms with Crippen LogP contribution in [0, 0.1) is 0 Å². The van der Waals surface area contributed by atoms with E-state index in [1.807, 2.05) is 0 Å². The highest BCUT2D eigenvalue weighted by Crippen LogP contribution is 2.30. The molecule has 39 heavy (non-hydrogen) atoms. The third kappa shape index (κ3) is 5.77. The van der Waals surface area contributed by atoms with E-state index in [1.165, 1.54) is 56.7 Å². The van der Waals surface area contributed by atoms with Gasteiger partial charge in [-0.05, 0) is 65.7 Å². The second-order valence-corrected chi connectivity index (χ2v) is 8.20. The van der Waals surface area contributed by atoms with Crippen molar-refractivity contribution in [3.63, 3.8) is 0 Å². The molecular weight excluding hydrogens is 508 g/mol. The molecule has 1 saturated heterocycles. The zero-order valence-corrected chi connectivity index (χ0v) is 20.8. The van der Waals surface area contributed by atoms with Crippen molar-refractivity contribution in [3.05, 3.63) is 94.6 Å². The number of urea groups is 1. The Labute approximate surface area is 222 Å². The highest BCUT2D eigenvalue weighted by atomic mass is 16.5. The zero-order valence-electron chi connectivity index (χ0n) is 20.8. The van der Waals surface area contributed by atoms with Gasteiger partial charge >= 0.3 is 18.0 Å². The number of anilines is 1. The Morgan fingerprint density at radius 2 is 1.56 bits per heavy atom. The lowest BCUT2D eigenvalue weighted by Crippen LogP contribution is -2.54. The molecule has 11 heteroatoms. The van der Waals surface area contributed by atoms with Crippen molar-refractivity contribution < 1.29 is 43.3 Å². The molecule has 2 N–H and O–H groups in total. The number of imide groups is 2. The Balaban J connectivity index is 1.55. The van der Waals surface area contributed by atoms with Crippen LogP contribution in [0.1, 0.15) is 31.8 Å². The fourth-order valence-corrected chi connectivity index (χ4v) is 3.72. The fourth-order valence-electron chi connectivity index (χ4n) is 3.72. The summed E-state index contributed by atoms with van der Waals surface area (Å²) in [5.74, 6) is -2.62. The van der Waals surface area contributed by atoms with E-state index >= 15 is 0 Å². The zero-order chi connectivity index (χ0) is 28.1. The monoisotopic (exact) mass is 530 g/mol. The van der Waals surface area contributed by atoms with Crippen molar-refractivity contribution in [1.82, 2.24) is 5.32 Å². The minimum Gasteiger partial charge on any atom is -0.493 e. The molecule has 1 fully saturated rings. The van der Waals surface area contributed by atoms with Crippen molar-refractivity contribution in [2.75, 3.05) is 19.1 Å². The predicted molar refractivity (Wildman–Crippen MR) is 138 cm³/mol. The number of ether oxygens (including phenoxy) is 3. The molecule has 1 aliphatic rings. The second-order valence-electron chi connectivity index (χ2n) is 8.20. The number of methoxy groups -OCH3 is 2. The van der Waals surface area contributed by atoms with Crippen molar-refractivity contribution >= 4 is 41.5 Å². The number of carbonyl (C=O) groups excluding carboxylic acids is 4. The van der Waals surface area contributed by atoms with Crippen molar-refractivity contribution in [2.45, 2.75) is 6.61 Å². The molecule has 11 nitrogen and oxygen atoms in total. The van der Waals surface area contributed by atoms with E-state index in [4.69, 9.17) is 14.6 Å². The molecule has 0 radical (unpaired) electrons. The van der Waals surface area contributed by atoms with Crippen molar-refractivity contribution in [2.24, 2.45) is 0 Å². The molecule has 198 valence electrons. The SMILES string of the molecule is COC(=O)c1ccc(N2C(=O)NC(=O)/C(=C\c3ccc(OCc4ccc(C(=O)O)cc4)c(OC)c3)C2=O)cc1. The van der Waals surface area contributed by atoms with Crippen LogP contribution in [0.3, 0.4) is 0 Å². The summed E-state index contributed by atoms with van der Waals surface area (Å²) < 4.78 is 15.8. The topological polar surface area (TPSA) is 149 Å². The van der Waals surface area contributed by atoms with Crippen molar-refractivity contribution in [3.8, 4) is 11.5 Å². The first kappa shape index (κ1) is 26.6. The van der Waals surface area contributed by atoms with Gasteiger partial charge in [0, 0.05) is 0 Å². The number of carbonyl (C=O) groups is 5. The minimum absolute atomic E-state index is 0.142. The van der Waals surface area contributed by atoms with Crippen LogP contribution < -0.4 is 19.7 Å². The number of carboxylic acids is 1. The Kier molecular flexibility index (Phi) is 7.71. The standard InChI is InChI=1S/C28H22N2O9/c1-37-23-14-17(5-12-22(23)39-15-16-3-6-18(7-4-16)26(33)34)13-21-24(31)29-28(36)30(25(21)32)20-10-8-19(9-11-20)27(35)38-2/h3-14H,15H2,1-2H3,(H,33,34)(H,29,31,36)/b21-13+. The minimum atomic E-state index is -1.03. The molecule has 1 aliphatic heterocycles. The van der Waals surface area contributed by atoms with Gasteiger partial charge in [0.25, 0.3) is 11.8 Å². The van der Waals surface area contributed by atoms with Crippen LogP contribution in [0.5, 0.6) is 11.5 Å². The molecule has 0 aromatic heterocycles. The molecule has 0 unspecified atom stereocenters. The number of carboxylic acid groups (broad SMARTS) is 1. The summed E-state index contributed by atoms with van der Waals surface area (Å²) >= 11 is 0. The van der Waals surface area contributed by atoms with Gasteiger partial charge in [0.05, 0.1) is 31.0 Å². The largest absolute Gasteiger partial charge is 0.493 e.